The summed E-state index contributed by atoms with van der Waals surface area (Å²) in [5.41, 5.74) is 4.34. The molecule has 180 valence electrons. The summed E-state index contributed by atoms with van der Waals surface area (Å²) in [7, 11) is -3.88. The lowest BCUT2D eigenvalue weighted by molar-refractivity contribution is -0.121. The molecule has 3 rings (SSSR count). The van der Waals surface area contributed by atoms with E-state index in [0.717, 1.165) is 21.2 Å². The van der Waals surface area contributed by atoms with Crippen LogP contribution in [0.4, 0.5) is 0 Å². The fourth-order valence-electron chi connectivity index (χ4n) is 4.17. The van der Waals surface area contributed by atoms with E-state index in [-0.39, 0.29) is 29.9 Å². The molecule has 0 heterocycles. The third-order valence-electron chi connectivity index (χ3n) is 5.76. The van der Waals surface area contributed by atoms with Gasteiger partial charge in [-0.15, -0.1) is 0 Å². The number of rotatable bonds is 9. The first-order valence-corrected chi connectivity index (χ1v) is 13.5. The van der Waals surface area contributed by atoms with Crippen LogP contribution >= 0.6 is 15.9 Å². The van der Waals surface area contributed by atoms with Gasteiger partial charge >= 0.3 is 0 Å². The molecule has 1 atom stereocenters. The average molecular weight is 544 g/mol. The number of halogens is 1. The summed E-state index contributed by atoms with van der Waals surface area (Å²) in [6, 6.07) is 20.9. The lowest BCUT2D eigenvalue weighted by Gasteiger charge is -2.25. The predicted molar refractivity (Wildman–Crippen MR) is 140 cm³/mol. The molecule has 0 saturated carbocycles. The first-order valence-electron chi connectivity index (χ1n) is 11.2. The molecule has 5 nitrogen and oxygen atoms in total. The standard InChI is InChI=1S/C27H31BrN2O3S/c1-19-16-20(2)27(21(3)17-19)34(32,33)30(15-14-23-8-6-5-7-9-23)18-26(31)29-22(4)24-10-12-25(28)13-11-24/h5-13,16-17,22H,14-15,18H2,1-4H3,(H,29,31)/t22-/m1/s1. The zero-order valence-corrected chi connectivity index (χ0v) is 22.4. The van der Waals surface area contributed by atoms with Gasteiger partial charge in [-0.2, -0.15) is 4.31 Å². The van der Waals surface area contributed by atoms with E-state index >= 15 is 0 Å². The minimum absolute atomic E-state index is 0.208. The van der Waals surface area contributed by atoms with Crippen molar-refractivity contribution in [1.82, 2.24) is 9.62 Å². The predicted octanol–water partition coefficient (Wildman–Crippen LogP) is 5.49. The van der Waals surface area contributed by atoms with Crippen molar-refractivity contribution >= 4 is 31.9 Å². The van der Waals surface area contributed by atoms with Crippen LogP contribution in [-0.4, -0.2) is 31.7 Å². The molecule has 34 heavy (non-hydrogen) atoms. The van der Waals surface area contributed by atoms with Crippen LogP contribution in [0.3, 0.4) is 0 Å². The molecule has 0 aliphatic heterocycles. The monoisotopic (exact) mass is 542 g/mol. The van der Waals surface area contributed by atoms with Crippen LogP contribution in [0.15, 0.2) is 76.1 Å². The molecule has 0 bridgehead atoms. The SMILES string of the molecule is Cc1cc(C)c(S(=O)(=O)N(CCc2ccccc2)CC(=O)N[C@H](C)c2ccc(Br)cc2)c(C)c1. The molecule has 0 fully saturated rings. The third kappa shape index (κ3) is 6.56. The molecular weight excluding hydrogens is 512 g/mol. The van der Waals surface area contributed by atoms with Crippen LogP contribution in [0.25, 0.3) is 0 Å². The summed E-state index contributed by atoms with van der Waals surface area (Å²) < 4.78 is 29.8. The highest BCUT2D eigenvalue weighted by Gasteiger charge is 2.30. The summed E-state index contributed by atoms with van der Waals surface area (Å²) in [6.45, 7) is 7.40. The highest BCUT2D eigenvalue weighted by atomic mass is 79.9. The molecule has 7 heteroatoms. The minimum atomic E-state index is -3.88. The number of amides is 1. The molecule has 1 N–H and O–H groups in total. The van der Waals surface area contributed by atoms with Crippen molar-refractivity contribution < 1.29 is 13.2 Å². The fourth-order valence-corrected chi connectivity index (χ4v) is 6.24. The molecule has 0 aromatic heterocycles. The van der Waals surface area contributed by atoms with Gasteiger partial charge in [0.15, 0.2) is 0 Å². The molecule has 0 aliphatic rings. The van der Waals surface area contributed by atoms with Crippen LogP contribution in [-0.2, 0) is 21.2 Å². The van der Waals surface area contributed by atoms with Crippen LogP contribution in [0, 0.1) is 20.8 Å². The van der Waals surface area contributed by atoms with Crippen LogP contribution in [0.1, 0.15) is 40.8 Å². The van der Waals surface area contributed by atoms with Gasteiger partial charge in [-0.1, -0.05) is 76.1 Å². The van der Waals surface area contributed by atoms with Crippen molar-refractivity contribution in [3.05, 3.63) is 99.0 Å². The van der Waals surface area contributed by atoms with E-state index in [1.807, 2.05) is 80.6 Å². The van der Waals surface area contributed by atoms with E-state index in [0.29, 0.717) is 17.5 Å². The topological polar surface area (TPSA) is 66.5 Å². The molecular formula is C27H31BrN2O3S. The van der Waals surface area contributed by atoms with Crippen molar-refractivity contribution in [2.75, 3.05) is 13.1 Å². The maximum Gasteiger partial charge on any atom is 0.244 e. The van der Waals surface area contributed by atoms with Crippen LogP contribution in [0.5, 0.6) is 0 Å². The van der Waals surface area contributed by atoms with Gasteiger partial charge in [0, 0.05) is 11.0 Å². The Hall–Kier alpha value is -2.48. The highest BCUT2D eigenvalue weighted by Crippen LogP contribution is 2.26. The number of benzene rings is 3. The number of carbonyl (C=O) groups is 1. The Morgan fingerprint density at radius 3 is 2.15 bits per heavy atom. The number of carbonyl (C=O) groups excluding carboxylic acids is 1. The van der Waals surface area contributed by atoms with E-state index < -0.39 is 10.0 Å². The average Bonchev–Trinajstić information content (AvgIpc) is 2.76. The zero-order valence-electron chi connectivity index (χ0n) is 20.0. The zero-order chi connectivity index (χ0) is 24.9. The number of hydrogen-bond acceptors (Lipinski definition) is 3. The Kier molecular flexibility index (Phi) is 8.68. The number of nitrogens with zero attached hydrogens (tertiary/aromatic N) is 1. The van der Waals surface area contributed by atoms with Crippen LogP contribution < -0.4 is 5.32 Å². The molecule has 1 amide bonds. The Morgan fingerprint density at radius 2 is 1.56 bits per heavy atom. The number of nitrogens with one attached hydrogen (secondary N) is 1. The molecule has 0 radical (unpaired) electrons. The van der Waals surface area contributed by atoms with Gasteiger partial charge in [-0.05, 0) is 68.5 Å². The van der Waals surface area contributed by atoms with Gasteiger partial charge in [-0.25, -0.2) is 8.42 Å². The quantitative estimate of drug-likeness (QED) is 0.389. The Morgan fingerprint density at radius 1 is 0.971 bits per heavy atom. The maximum absolute atomic E-state index is 13.8. The minimum Gasteiger partial charge on any atom is -0.348 e. The Balaban J connectivity index is 1.85. The van der Waals surface area contributed by atoms with Gasteiger partial charge in [0.2, 0.25) is 15.9 Å². The van der Waals surface area contributed by atoms with Crippen molar-refractivity contribution in [3.63, 3.8) is 0 Å². The fraction of sp³-hybridized carbons (Fsp3) is 0.296. The molecule has 0 saturated heterocycles. The summed E-state index contributed by atoms with van der Waals surface area (Å²) in [5.74, 6) is -0.338. The molecule has 3 aromatic rings. The van der Waals surface area contributed by atoms with Crippen LogP contribution in [0.2, 0.25) is 0 Å². The smallest absolute Gasteiger partial charge is 0.244 e. The van der Waals surface area contributed by atoms with E-state index in [1.165, 1.54) is 4.31 Å². The lowest BCUT2D eigenvalue weighted by atomic mass is 10.1. The second-order valence-electron chi connectivity index (χ2n) is 8.64. The highest BCUT2D eigenvalue weighted by molar-refractivity contribution is 9.10. The van der Waals surface area contributed by atoms with Crippen molar-refractivity contribution in [2.24, 2.45) is 0 Å². The van der Waals surface area contributed by atoms with Crippen molar-refractivity contribution in [2.45, 2.75) is 45.1 Å². The van der Waals surface area contributed by atoms with Gasteiger partial charge < -0.3 is 5.32 Å². The van der Waals surface area contributed by atoms with E-state index in [1.54, 1.807) is 13.8 Å². The summed E-state index contributed by atoms with van der Waals surface area (Å²) in [5, 5.41) is 2.95. The third-order valence-corrected chi connectivity index (χ3v) is 8.44. The Bertz CT molecular complexity index is 1220. The molecule has 0 aliphatic carbocycles. The summed E-state index contributed by atoms with van der Waals surface area (Å²) in [4.78, 5) is 13.3. The van der Waals surface area contributed by atoms with Crippen molar-refractivity contribution in [3.8, 4) is 0 Å². The first kappa shape index (κ1) is 26.1. The second-order valence-corrected chi connectivity index (χ2v) is 11.4. The molecule has 3 aromatic carbocycles. The van der Waals surface area contributed by atoms with E-state index in [9.17, 15) is 13.2 Å². The van der Waals surface area contributed by atoms with E-state index in [4.69, 9.17) is 0 Å². The number of aryl methyl sites for hydroxylation is 3. The Labute approximate surface area is 211 Å². The van der Waals surface area contributed by atoms with Gasteiger partial charge in [0.1, 0.15) is 0 Å². The van der Waals surface area contributed by atoms with Gasteiger partial charge in [-0.3, -0.25) is 4.79 Å². The lowest BCUT2D eigenvalue weighted by Crippen LogP contribution is -2.42. The number of hydrogen-bond donors (Lipinski definition) is 1. The van der Waals surface area contributed by atoms with Crippen molar-refractivity contribution in [1.29, 1.82) is 0 Å². The maximum atomic E-state index is 13.8. The largest absolute Gasteiger partial charge is 0.348 e. The van der Waals surface area contributed by atoms with Gasteiger partial charge in [0.05, 0.1) is 17.5 Å². The molecule has 0 spiro atoms. The molecule has 0 unspecified atom stereocenters. The van der Waals surface area contributed by atoms with Gasteiger partial charge in [0.25, 0.3) is 0 Å². The summed E-state index contributed by atoms with van der Waals surface area (Å²) >= 11 is 3.41. The summed E-state index contributed by atoms with van der Waals surface area (Å²) in [6.07, 6.45) is 0.513. The normalized spacial score (nSPS) is 12.5. The second kappa shape index (κ2) is 11.3. The number of sulfonamides is 1. The van der Waals surface area contributed by atoms with E-state index in [2.05, 4.69) is 21.2 Å². The first-order chi connectivity index (χ1) is 16.1.